The van der Waals surface area contributed by atoms with E-state index in [9.17, 15) is 4.79 Å². The van der Waals surface area contributed by atoms with Crippen LogP contribution in [0.4, 0.5) is 0 Å². The van der Waals surface area contributed by atoms with E-state index in [1.54, 1.807) is 0 Å². The summed E-state index contributed by atoms with van der Waals surface area (Å²) in [7, 11) is 0. The van der Waals surface area contributed by atoms with Crippen LogP contribution in [0.2, 0.25) is 0 Å². The first-order valence-corrected chi connectivity index (χ1v) is 9.26. The smallest absolute Gasteiger partial charge is 0.223 e. The lowest BCUT2D eigenvalue weighted by Crippen LogP contribution is -2.32. The molecule has 3 heterocycles. The number of rotatable bonds is 6. The molecule has 134 valence electrons. The molecular weight excluding hydrogens is 312 g/mol. The fraction of sp³-hybridized carbons (Fsp3) is 0.550. The number of hydrogen-bond donors (Lipinski definition) is 0. The van der Waals surface area contributed by atoms with E-state index in [1.807, 2.05) is 35.6 Å². The van der Waals surface area contributed by atoms with Gasteiger partial charge in [-0.25, -0.2) is 4.98 Å². The van der Waals surface area contributed by atoms with Crippen molar-refractivity contribution in [3.8, 4) is 0 Å². The second kappa shape index (κ2) is 7.81. The van der Waals surface area contributed by atoms with Crippen LogP contribution in [0.3, 0.4) is 0 Å². The number of carbonyl (C=O) groups excluding carboxylic acids is 1. The fourth-order valence-corrected chi connectivity index (χ4v) is 3.51. The molecule has 5 heteroatoms. The van der Waals surface area contributed by atoms with Gasteiger partial charge in [-0.05, 0) is 49.8 Å². The molecule has 0 radical (unpaired) electrons. The molecule has 0 N–H and O–H groups in total. The number of imidazole rings is 1. The van der Waals surface area contributed by atoms with Crippen molar-refractivity contribution in [1.82, 2.24) is 19.4 Å². The summed E-state index contributed by atoms with van der Waals surface area (Å²) in [6, 6.07) is 4.17. The maximum Gasteiger partial charge on any atom is 0.223 e. The average Bonchev–Trinajstić information content (AvgIpc) is 3.21. The molecule has 1 fully saturated rings. The van der Waals surface area contributed by atoms with Crippen molar-refractivity contribution in [2.75, 3.05) is 6.54 Å². The summed E-state index contributed by atoms with van der Waals surface area (Å²) >= 11 is 0. The third kappa shape index (κ3) is 4.09. The molecule has 1 unspecified atom stereocenters. The predicted molar refractivity (Wildman–Crippen MR) is 98.1 cm³/mol. The Bertz CT molecular complexity index is 708. The molecule has 2 aromatic rings. The van der Waals surface area contributed by atoms with Gasteiger partial charge in [0.1, 0.15) is 5.82 Å². The van der Waals surface area contributed by atoms with Crippen LogP contribution in [0.5, 0.6) is 0 Å². The minimum atomic E-state index is 0.107. The van der Waals surface area contributed by atoms with Crippen LogP contribution in [0, 0.1) is 12.8 Å². The van der Waals surface area contributed by atoms with Crippen molar-refractivity contribution in [3.63, 3.8) is 0 Å². The van der Waals surface area contributed by atoms with Crippen LogP contribution >= 0.6 is 0 Å². The van der Waals surface area contributed by atoms with Gasteiger partial charge in [-0.2, -0.15) is 0 Å². The van der Waals surface area contributed by atoms with Gasteiger partial charge in [-0.3, -0.25) is 9.78 Å². The molecule has 1 amide bonds. The highest BCUT2D eigenvalue weighted by molar-refractivity contribution is 5.76. The number of aryl methyl sites for hydroxylation is 1. The summed E-state index contributed by atoms with van der Waals surface area (Å²) in [6.45, 7) is 8.04. The quantitative estimate of drug-likeness (QED) is 0.805. The summed E-state index contributed by atoms with van der Waals surface area (Å²) < 4.78 is 2.24. The van der Waals surface area contributed by atoms with Gasteiger partial charge in [0.05, 0.1) is 6.04 Å². The Morgan fingerprint density at radius 3 is 2.80 bits per heavy atom. The number of hydrogen-bond acceptors (Lipinski definition) is 3. The Morgan fingerprint density at radius 2 is 2.08 bits per heavy atom. The molecule has 0 saturated carbocycles. The van der Waals surface area contributed by atoms with E-state index < -0.39 is 0 Å². The second-order valence-corrected chi connectivity index (χ2v) is 7.38. The lowest BCUT2D eigenvalue weighted by atomic mass is 10.1. The van der Waals surface area contributed by atoms with Gasteiger partial charge in [0.15, 0.2) is 0 Å². The summed E-state index contributed by atoms with van der Waals surface area (Å²) in [4.78, 5) is 23.5. The van der Waals surface area contributed by atoms with Crippen LogP contribution in [0.1, 0.15) is 62.7 Å². The Morgan fingerprint density at radius 1 is 1.32 bits per heavy atom. The monoisotopic (exact) mass is 340 g/mol. The zero-order valence-electron chi connectivity index (χ0n) is 15.5. The van der Waals surface area contributed by atoms with Gasteiger partial charge < -0.3 is 9.47 Å². The van der Waals surface area contributed by atoms with E-state index in [-0.39, 0.29) is 11.9 Å². The highest BCUT2D eigenvalue weighted by Crippen LogP contribution is 2.32. The van der Waals surface area contributed by atoms with E-state index in [0.29, 0.717) is 12.3 Å². The van der Waals surface area contributed by atoms with Crippen LogP contribution in [0.25, 0.3) is 0 Å². The number of nitrogens with zero attached hydrogens (tertiary/aromatic N) is 4. The number of amides is 1. The van der Waals surface area contributed by atoms with Gasteiger partial charge >= 0.3 is 0 Å². The van der Waals surface area contributed by atoms with Crippen molar-refractivity contribution in [1.29, 1.82) is 0 Å². The Labute approximate surface area is 150 Å². The molecule has 1 aliphatic heterocycles. The molecule has 5 nitrogen and oxygen atoms in total. The zero-order chi connectivity index (χ0) is 17.8. The Balaban J connectivity index is 1.80. The van der Waals surface area contributed by atoms with Crippen molar-refractivity contribution in [2.45, 2.75) is 59.0 Å². The third-order valence-corrected chi connectivity index (χ3v) is 4.98. The normalized spacial score (nSPS) is 17.4. The maximum atomic E-state index is 12.7. The van der Waals surface area contributed by atoms with Gasteiger partial charge in [0.25, 0.3) is 0 Å². The Hall–Kier alpha value is -2.17. The molecule has 0 spiro atoms. The van der Waals surface area contributed by atoms with Crippen molar-refractivity contribution >= 4 is 5.91 Å². The lowest BCUT2D eigenvalue weighted by molar-refractivity contribution is -0.132. The van der Waals surface area contributed by atoms with Crippen LogP contribution in [0.15, 0.2) is 30.7 Å². The third-order valence-electron chi connectivity index (χ3n) is 4.98. The molecule has 2 aromatic heterocycles. The molecule has 0 aromatic carbocycles. The maximum absolute atomic E-state index is 12.7. The molecule has 1 atom stereocenters. The first kappa shape index (κ1) is 17.6. The number of carbonyl (C=O) groups is 1. The topological polar surface area (TPSA) is 51.0 Å². The average molecular weight is 340 g/mol. The summed E-state index contributed by atoms with van der Waals surface area (Å²) in [5, 5.41) is 0. The lowest BCUT2D eigenvalue weighted by Gasteiger charge is -2.26. The van der Waals surface area contributed by atoms with Gasteiger partial charge in [-0.1, -0.05) is 13.8 Å². The van der Waals surface area contributed by atoms with E-state index in [1.165, 1.54) is 5.56 Å². The zero-order valence-corrected chi connectivity index (χ0v) is 15.5. The summed E-state index contributed by atoms with van der Waals surface area (Å²) in [6.07, 6.45) is 9.20. The van der Waals surface area contributed by atoms with Crippen LogP contribution in [-0.4, -0.2) is 31.9 Å². The van der Waals surface area contributed by atoms with Crippen molar-refractivity contribution in [2.24, 2.45) is 5.92 Å². The molecular formula is C20H28N4O. The minimum Gasteiger partial charge on any atom is -0.333 e. The fourth-order valence-electron chi connectivity index (χ4n) is 3.51. The van der Waals surface area contributed by atoms with Crippen molar-refractivity contribution in [3.05, 3.63) is 47.8 Å². The molecule has 0 bridgehead atoms. The van der Waals surface area contributed by atoms with Gasteiger partial charge in [0, 0.05) is 43.8 Å². The van der Waals surface area contributed by atoms with Gasteiger partial charge in [0.2, 0.25) is 5.91 Å². The SMILES string of the molecule is Cc1cnc(C2CCCN2C(=O)CCC(C)C)n1Cc1ccncc1. The standard InChI is InChI=1S/C20H28N4O/c1-15(2)6-7-19(25)23-12-4-5-18(23)20-22-13-16(3)24(20)14-17-8-10-21-11-9-17/h8-11,13,15,18H,4-7,12,14H2,1-3H3. The first-order valence-electron chi connectivity index (χ1n) is 9.26. The number of pyridine rings is 1. The highest BCUT2D eigenvalue weighted by Gasteiger charge is 2.33. The molecule has 3 rings (SSSR count). The molecule has 0 aliphatic carbocycles. The Kier molecular flexibility index (Phi) is 5.51. The summed E-state index contributed by atoms with van der Waals surface area (Å²) in [5.41, 5.74) is 2.33. The minimum absolute atomic E-state index is 0.107. The van der Waals surface area contributed by atoms with E-state index in [4.69, 9.17) is 0 Å². The highest BCUT2D eigenvalue weighted by atomic mass is 16.2. The van der Waals surface area contributed by atoms with E-state index in [0.717, 1.165) is 43.9 Å². The van der Waals surface area contributed by atoms with Gasteiger partial charge in [-0.15, -0.1) is 0 Å². The molecule has 25 heavy (non-hydrogen) atoms. The number of aromatic nitrogens is 3. The largest absolute Gasteiger partial charge is 0.333 e. The summed E-state index contributed by atoms with van der Waals surface area (Å²) in [5.74, 6) is 1.85. The van der Waals surface area contributed by atoms with E-state index in [2.05, 4.69) is 35.3 Å². The van der Waals surface area contributed by atoms with Crippen LogP contribution < -0.4 is 0 Å². The second-order valence-electron chi connectivity index (χ2n) is 7.38. The predicted octanol–water partition coefficient (Wildman–Crippen LogP) is 3.73. The van der Waals surface area contributed by atoms with Crippen molar-refractivity contribution < 1.29 is 4.79 Å². The first-order chi connectivity index (χ1) is 12.1. The van der Waals surface area contributed by atoms with E-state index >= 15 is 0 Å². The molecule has 1 saturated heterocycles. The number of likely N-dealkylation sites (tertiary alicyclic amines) is 1. The molecule has 1 aliphatic rings. The van der Waals surface area contributed by atoms with Crippen LogP contribution in [-0.2, 0) is 11.3 Å².